The second-order valence-corrected chi connectivity index (χ2v) is 11.0. The van der Waals surface area contributed by atoms with Gasteiger partial charge in [-0.05, 0) is 60.4 Å². The first-order chi connectivity index (χ1) is 21.0. The third-order valence-corrected chi connectivity index (χ3v) is 8.39. The van der Waals surface area contributed by atoms with Crippen molar-refractivity contribution in [3.63, 3.8) is 0 Å². The maximum Gasteiger partial charge on any atom is 0.253 e. The van der Waals surface area contributed by atoms with E-state index in [9.17, 15) is 14.4 Å². The van der Waals surface area contributed by atoms with Gasteiger partial charge in [0.2, 0.25) is 5.91 Å². The predicted octanol–water partition coefficient (Wildman–Crippen LogP) is 5.28. The molecule has 2 aliphatic rings. The number of rotatable bonds is 7. The van der Waals surface area contributed by atoms with Crippen molar-refractivity contribution in [3.05, 3.63) is 115 Å². The Morgan fingerprint density at radius 3 is 2.14 bits per heavy atom. The van der Waals surface area contributed by atoms with Gasteiger partial charge in [-0.15, -0.1) is 0 Å². The maximum atomic E-state index is 14.1. The molecule has 0 aliphatic carbocycles. The molecule has 4 aromatic carbocycles. The number of hydrogen-bond donors (Lipinski definition) is 1. The number of anilines is 2. The van der Waals surface area contributed by atoms with Crippen LogP contribution in [0, 0.1) is 0 Å². The van der Waals surface area contributed by atoms with E-state index in [-0.39, 0.29) is 24.3 Å². The number of carbonyl (C=O) groups is 3. The Balaban J connectivity index is 1.16. The molecule has 218 valence electrons. The fourth-order valence-electron chi connectivity index (χ4n) is 6.10. The molecular formula is C35H34N4O4. The molecule has 4 aromatic rings. The van der Waals surface area contributed by atoms with Crippen LogP contribution in [0.2, 0.25) is 0 Å². The van der Waals surface area contributed by atoms with E-state index in [4.69, 9.17) is 4.74 Å². The van der Waals surface area contributed by atoms with E-state index in [2.05, 4.69) is 10.2 Å². The Kier molecular flexibility index (Phi) is 7.83. The van der Waals surface area contributed by atoms with Gasteiger partial charge in [0.25, 0.3) is 11.8 Å². The smallest absolute Gasteiger partial charge is 0.253 e. The fraction of sp³-hybridized carbons (Fsp3) is 0.229. The lowest BCUT2D eigenvalue weighted by molar-refractivity contribution is -0.136. The summed E-state index contributed by atoms with van der Waals surface area (Å²) >= 11 is 0. The SMILES string of the molecule is COc1cccc(NC(=O)CN2CN(c3ccccc3)C3(CCN(C(=O)c4ccc(-c5ccccc5)cc4)CC3)C2=O)c1. The number of likely N-dealkylation sites (tertiary alicyclic amines) is 1. The van der Waals surface area contributed by atoms with E-state index in [1.807, 2.05) is 89.8 Å². The minimum absolute atomic E-state index is 0.0410. The third-order valence-electron chi connectivity index (χ3n) is 8.39. The summed E-state index contributed by atoms with van der Waals surface area (Å²) < 4.78 is 5.25. The molecule has 2 fully saturated rings. The average molecular weight is 575 g/mol. The minimum atomic E-state index is -0.828. The number of para-hydroxylation sites is 1. The van der Waals surface area contributed by atoms with Gasteiger partial charge in [0, 0.05) is 36.1 Å². The maximum absolute atomic E-state index is 14.1. The number of amides is 3. The van der Waals surface area contributed by atoms with Gasteiger partial charge >= 0.3 is 0 Å². The molecule has 8 heteroatoms. The zero-order valence-electron chi connectivity index (χ0n) is 24.1. The van der Waals surface area contributed by atoms with Crippen LogP contribution in [-0.4, -0.2) is 66.5 Å². The first kappa shape index (κ1) is 28.0. The Bertz CT molecular complexity index is 1600. The highest BCUT2D eigenvalue weighted by molar-refractivity contribution is 6.00. The van der Waals surface area contributed by atoms with Crippen LogP contribution in [0.25, 0.3) is 11.1 Å². The molecule has 0 atom stereocenters. The molecule has 2 saturated heterocycles. The van der Waals surface area contributed by atoms with Crippen molar-refractivity contribution >= 4 is 29.1 Å². The molecule has 0 aromatic heterocycles. The molecular weight excluding hydrogens is 540 g/mol. The highest BCUT2D eigenvalue weighted by Gasteiger charge is 2.54. The van der Waals surface area contributed by atoms with Crippen LogP contribution in [0.4, 0.5) is 11.4 Å². The number of piperidine rings is 1. The van der Waals surface area contributed by atoms with Gasteiger partial charge in [-0.2, -0.15) is 0 Å². The number of nitrogens with one attached hydrogen (secondary N) is 1. The average Bonchev–Trinajstić information content (AvgIpc) is 3.31. The van der Waals surface area contributed by atoms with Crippen molar-refractivity contribution in [3.8, 4) is 16.9 Å². The van der Waals surface area contributed by atoms with Crippen LogP contribution in [0.15, 0.2) is 109 Å². The highest BCUT2D eigenvalue weighted by Crippen LogP contribution is 2.39. The second-order valence-electron chi connectivity index (χ2n) is 11.0. The summed E-state index contributed by atoms with van der Waals surface area (Å²) in [6, 6.07) is 34.7. The van der Waals surface area contributed by atoms with Gasteiger partial charge < -0.3 is 24.8 Å². The molecule has 1 spiro atoms. The zero-order valence-corrected chi connectivity index (χ0v) is 24.1. The van der Waals surface area contributed by atoms with Gasteiger partial charge in [-0.1, -0.05) is 66.7 Å². The summed E-state index contributed by atoms with van der Waals surface area (Å²) in [5.41, 5.74) is 3.48. The van der Waals surface area contributed by atoms with Crippen LogP contribution >= 0.6 is 0 Å². The quantitative estimate of drug-likeness (QED) is 0.325. The molecule has 2 heterocycles. The Morgan fingerprint density at radius 2 is 1.47 bits per heavy atom. The lowest BCUT2D eigenvalue weighted by atomic mass is 9.85. The number of carbonyl (C=O) groups excluding carboxylic acids is 3. The van der Waals surface area contributed by atoms with E-state index in [0.717, 1.165) is 16.8 Å². The van der Waals surface area contributed by atoms with Crippen LogP contribution in [0.1, 0.15) is 23.2 Å². The van der Waals surface area contributed by atoms with Crippen molar-refractivity contribution < 1.29 is 19.1 Å². The largest absolute Gasteiger partial charge is 0.497 e. The summed E-state index contributed by atoms with van der Waals surface area (Å²) in [4.78, 5) is 46.1. The summed E-state index contributed by atoms with van der Waals surface area (Å²) in [7, 11) is 1.57. The summed E-state index contributed by atoms with van der Waals surface area (Å²) in [5, 5.41) is 2.88. The van der Waals surface area contributed by atoms with Gasteiger partial charge in [0.15, 0.2) is 0 Å². The standard InChI is InChI=1S/C35H34N4O4/c1-43-31-14-8-11-29(23-31)36-32(40)24-38-25-39(30-12-6-3-7-13-30)35(34(38)42)19-21-37(22-20-35)33(41)28-17-15-27(16-18-28)26-9-4-2-5-10-26/h2-18,23H,19-22,24-25H2,1H3,(H,36,40). The van der Waals surface area contributed by atoms with Gasteiger partial charge in [-0.25, -0.2) is 0 Å². The van der Waals surface area contributed by atoms with Gasteiger partial charge in [0.1, 0.15) is 17.8 Å². The molecule has 2 aliphatic heterocycles. The molecule has 0 saturated carbocycles. The second kappa shape index (κ2) is 12.0. The zero-order chi connectivity index (χ0) is 29.8. The van der Waals surface area contributed by atoms with Crippen LogP contribution in [0.3, 0.4) is 0 Å². The lowest BCUT2D eigenvalue weighted by Gasteiger charge is -2.43. The van der Waals surface area contributed by atoms with Gasteiger partial charge in [0.05, 0.1) is 13.8 Å². The number of benzene rings is 4. The Morgan fingerprint density at radius 1 is 0.814 bits per heavy atom. The number of nitrogens with zero attached hydrogens (tertiary/aromatic N) is 3. The number of hydrogen-bond acceptors (Lipinski definition) is 5. The van der Waals surface area contributed by atoms with Crippen molar-refractivity contribution in [2.75, 3.05) is 43.6 Å². The van der Waals surface area contributed by atoms with Crippen LogP contribution in [-0.2, 0) is 9.59 Å². The third kappa shape index (κ3) is 5.68. The molecule has 6 rings (SSSR count). The molecule has 0 unspecified atom stereocenters. The van der Waals surface area contributed by atoms with Crippen molar-refractivity contribution in [2.45, 2.75) is 18.4 Å². The first-order valence-corrected chi connectivity index (χ1v) is 14.5. The van der Waals surface area contributed by atoms with E-state index in [1.165, 1.54) is 0 Å². The van der Waals surface area contributed by atoms with Crippen LogP contribution < -0.4 is 15.0 Å². The fourth-order valence-corrected chi connectivity index (χ4v) is 6.10. The van der Waals surface area contributed by atoms with Crippen molar-refractivity contribution in [2.24, 2.45) is 0 Å². The Hall–Kier alpha value is -5.11. The van der Waals surface area contributed by atoms with Crippen molar-refractivity contribution in [1.29, 1.82) is 0 Å². The number of methoxy groups -OCH3 is 1. The monoisotopic (exact) mass is 574 g/mol. The lowest BCUT2D eigenvalue weighted by Crippen LogP contribution is -2.57. The van der Waals surface area contributed by atoms with Crippen molar-refractivity contribution in [1.82, 2.24) is 9.80 Å². The summed E-state index contributed by atoms with van der Waals surface area (Å²) in [5.74, 6) is 0.230. The van der Waals surface area contributed by atoms with Crippen LogP contribution in [0.5, 0.6) is 5.75 Å². The molecule has 1 N–H and O–H groups in total. The Labute approximate surface area is 251 Å². The normalized spacial score (nSPS) is 15.9. The molecule has 3 amide bonds. The number of ether oxygens (including phenoxy) is 1. The highest BCUT2D eigenvalue weighted by atomic mass is 16.5. The topological polar surface area (TPSA) is 82.2 Å². The van der Waals surface area contributed by atoms with E-state index in [0.29, 0.717) is 49.6 Å². The first-order valence-electron chi connectivity index (χ1n) is 14.5. The van der Waals surface area contributed by atoms with E-state index in [1.54, 1.807) is 36.3 Å². The van der Waals surface area contributed by atoms with Gasteiger partial charge in [-0.3, -0.25) is 14.4 Å². The molecule has 0 radical (unpaired) electrons. The minimum Gasteiger partial charge on any atom is -0.497 e. The summed E-state index contributed by atoms with van der Waals surface area (Å²) in [6.45, 7) is 1.11. The molecule has 8 nitrogen and oxygen atoms in total. The molecule has 0 bridgehead atoms. The summed E-state index contributed by atoms with van der Waals surface area (Å²) in [6.07, 6.45) is 0.950. The predicted molar refractivity (Wildman–Crippen MR) is 167 cm³/mol. The molecule has 43 heavy (non-hydrogen) atoms. The van der Waals surface area contributed by atoms with E-state index < -0.39 is 5.54 Å². The van der Waals surface area contributed by atoms with E-state index >= 15 is 0 Å².